The maximum atomic E-state index is 5.83. The Morgan fingerprint density at radius 2 is 0.281 bits per heavy atom. The zero-order chi connectivity index (χ0) is 68.0. The lowest BCUT2D eigenvalue weighted by molar-refractivity contribution is 0.589. The van der Waals surface area contributed by atoms with Gasteiger partial charge in [0.25, 0.3) is 0 Å². The van der Waals surface area contributed by atoms with Crippen LogP contribution >= 0.6 is 70.6 Å². The van der Waals surface area contributed by atoms with Crippen LogP contribution in [0.3, 0.4) is 0 Å². The third kappa shape index (κ3) is 14.4. The van der Waals surface area contributed by atoms with E-state index in [0.29, 0.717) is 35.0 Å². The first-order valence-corrected chi connectivity index (χ1v) is 37.9. The van der Waals surface area contributed by atoms with Crippen molar-refractivity contribution < 1.29 is 0 Å². The van der Waals surface area contributed by atoms with Crippen molar-refractivity contribution in [3.63, 3.8) is 0 Å². The summed E-state index contributed by atoms with van der Waals surface area (Å²) in [7, 11) is 0. The van der Waals surface area contributed by atoms with E-state index in [-0.39, 0.29) is 32.5 Å². The summed E-state index contributed by atoms with van der Waals surface area (Å²) in [4.78, 5) is 47.5. The molecule has 4 aliphatic rings. The number of nitrogens with zero attached hydrogens (tertiary/aromatic N) is 6. The van der Waals surface area contributed by atoms with Crippen LogP contribution in [0.25, 0.3) is 0 Å². The first kappa shape index (κ1) is 67.7. The third-order valence-electron chi connectivity index (χ3n) is 17.7. The summed E-state index contributed by atoms with van der Waals surface area (Å²) in [5.74, 6) is 3.22. The molecular formula is C84H84N6S6. The molecule has 96 heavy (non-hydrogen) atoms. The van der Waals surface area contributed by atoms with E-state index >= 15 is 0 Å². The lowest BCUT2D eigenvalue weighted by atomic mass is 9.87. The number of fused-ring (bicyclic) bond motifs is 12. The van der Waals surface area contributed by atoms with E-state index in [9.17, 15) is 0 Å². The monoisotopic (exact) mass is 1370 g/mol. The first-order valence-electron chi connectivity index (χ1n) is 33.0. The molecule has 0 radical (unpaired) electrons. The summed E-state index contributed by atoms with van der Waals surface area (Å²) in [6.45, 7) is 40.8. The minimum atomic E-state index is -0.00379. The summed E-state index contributed by atoms with van der Waals surface area (Å²) >= 11 is 10.4. The van der Waals surface area contributed by atoms with Crippen molar-refractivity contribution >= 4 is 106 Å². The van der Waals surface area contributed by atoms with Gasteiger partial charge in [-0.05, 0) is 175 Å². The molecular weight excluding hydrogens is 1290 g/mol. The van der Waals surface area contributed by atoms with Crippen LogP contribution in [-0.4, -0.2) is 35.0 Å². The number of rotatable bonds is 12. The zero-order valence-electron chi connectivity index (χ0n) is 58.5. The molecule has 9 aromatic rings. The Balaban J connectivity index is 1.09. The van der Waals surface area contributed by atoms with Crippen LogP contribution in [0, 0.1) is 0 Å². The molecule has 0 atom stereocenters. The molecule has 0 unspecified atom stereocenters. The number of amidine groups is 6. The van der Waals surface area contributed by atoms with Crippen molar-refractivity contribution in [3.8, 4) is 0 Å². The van der Waals surface area contributed by atoms with Crippen molar-refractivity contribution in [2.24, 2.45) is 30.0 Å². The fraction of sp³-hybridized carbons (Fsp3) is 0.286. The second-order valence-corrected chi connectivity index (χ2v) is 38.0. The van der Waals surface area contributed by atoms with Gasteiger partial charge in [0.05, 0.1) is 0 Å². The van der Waals surface area contributed by atoms with E-state index in [0.717, 1.165) is 92.1 Å². The topological polar surface area (TPSA) is 74.2 Å². The van der Waals surface area contributed by atoms with Crippen LogP contribution in [0.2, 0.25) is 0 Å². The van der Waals surface area contributed by atoms with Gasteiger partial charge in [-0.2, -0.15) is 0 Å². The summed E-state index contributed by atoms with van der Waals surface area (Å²) in [6.07, 6.45) is 0. The van der Waals surface area contributed by atoms with E-state index in [1.165, 1.54) is 33.4 Å². The lowest BCUT2D eigenvalue weighted by Gasteiger charge is -2.20. The predicted molar refractivity (Wildman–Crippen MR) is 414 cm³/mol. The SMILES string of the molecule is CC(C)(C)c1ccc(Sc2ccc(Sc3ccc(C(C)(C)C)cc3)c3c2C2=NC3=NC3=NC(=NC4=NC(=N2)c2c(Sc5ccc(C(C)(C)C)cc5)ccc(Sc5ccc(C(C)(C)C)cc5)c24)c2c(Sc4ccc(C(C)(C)C)cc4)ccc(Sc4ccc(C(C)(C)C)cc4)c23)cc1. The minimum Gasteiger partial charge on any atom is -0.208 e. The van der Waals surface area contributed by atoms with Crippen LogP contribution in [0.4, 0.5) is 0 Å². The normalized spacial score (nSPS) is 14.6. The predicted octanol–water partition coefficient (Wildman–Crippen LogP) is 24.3. The second-order valence-electron chi connectivity index (χ2n) is 31.3. The molecule has 4 aliphatic heterocycles. The van der Waals surface area contributed by atoms with Crippen molar-refractivity contribution in [3.05, 3.63) is 249 Å². The van der Waals surface area contributed by atoms with Crippen LogP contribution < -0.4 is 0 Å². The van der Waals surface area contributed by atoms with Gasteiger partial charge >= 0.3 is 0 Å². The molecule has 0 aromatic heterocycles. The van der Waals surface area contributed by atoms with Gasteiger partial charge in [-0.3, -0.25) is 0 Å². The molecule has 0 N–H and O–H groups in total. The fourth-order valence-corrected chi connectivity index (χ4v) is 17.6. The van der Waals surface area contributed by atoms with Gasteiger partial charge in [-0.1, -0.05) is 268 Å². The van der Waals surface area contributed by atoms with Gasteiger partial charge in [0, 0.05) is 92.1 Å². The number of hydrogen-bond acceptors (Lipinski definition) is 12. The number of hydrogen-bond donors (Lipinski definition) is 0. The first-order chi connectivity index (χ1) is 45.3. The highest BCUT2D eigenvalue weighted by molar-refractivity contribution is 8.01. The highest BCUT2D eigenvalue weighted by atomic mass is 32.2. The average molecular weight is 1370 g/mol. The van der Waals surface area contributed by atoms with Crippen molar-refractivity contribution in [1.82, 2.24) is 0 Å². The van der Waals surface area contributed by atoms with E-state index in [1.54, 1.807) is 70.6 Å². The standard InChI is InChI=1S/C84H84N6S6/c1-79(2,3)49-19-31-55(32-20-49)91-61-43-44-62(92-56-33-21-50(22-34-56)80(4,5)6)68-67(61)73-85-74(68)89-76-71-65(95-59-39-27-53(28-40-59)83(13,14)15)47-48-66(96-60-41-29-54(30-42-60)84(16,17)18)72(71)78(87-76)90-77-70-64(94-58-37-25-52(26-38-58)82(10,11)12)46-45-63(69(70)75(86-77)88-73)93-57-35-23-51(24-36-57)81(7,8)9/h19-48H,1-18H3. The zero-order valence-corrected chi connectivity index (χ0v) is 63.4. The molecule has 9 aromatic carbocycles. The number of benzene rings is 9. The Kier molecular flexibility index (Phi) is 18.2. The van der Waals surface area contributed by atoms with Crippen molar-refractivity contribution in [2.75, 3.05) is 0 Å². The largest absolute Gasteiger partial charge is 0.208 e. The molecule has 486 valence electrons. The lowest BCUT2D eigenvalue weighted by Crippen LogP contribution is -2.10. The van der Waals surface area contributed by atoms with Crippen LogP contribution in [0.5, 0.6) is 0 Å². The molecule has 6 bridgehead atoms. The Morgan fingerprint density at radius 3 is 0.385 bits per heavy atom. The van der Waals surface area contributed by atoms with Crippen LogP contribution in [-0.2, 0) is 32.5 Å². The highest BCUT2D eigenvalue weighted by Crippen LogP contribution is 2.49. The molecule has 12 heteroatoms. The molecule has 0 saturated carbocycles. The van der Waals surface area contributed by atoms with Crippen molar-refractivity contribution in [1.29, 1.82) is 0 Å². The second kappa shape index (κ2) is 25.8. The van der Waals surface area contributed by atoms with Crippen molar-refractivity contribution in [2.45, 2.75) is 216 Å². The van der Waals surface area contributed by atoms with Gasteiger partial charge in [-0.25, -0.2) is 30.0 Å². The summed E-state index contributed by atoms with van der Waals surface area (Å²) in [5.41, 5.74) is 13.1. The Morgan fingerprint density at radius 1 is 0.167 bits per heavy atom. The average Bonchev–Trinajstić information content (AvgIpc) is 1.57. The van der Waals surface area contributed by atoms with Gasteiger partial charge in [0.1, 0.15) is 0 Å². The number of aliphatic imine (C=N–C) groups is 6. The van der Waals surface area contributed by atoms with Gasteiger partial charge in [-0.15, -0.1) is 0 Å². The Labute approximate surface area is 595 Å². The summed E-state index contributed by atoms with van der Waals surface area (Å²) in [5, 5.41) is 0. The molecule has 0 amide bonds. The van der Waals surface area contributed by atoms with Crippen LogP contribution in [0.15, 0.2) is 271 Å². The molecule has 13 rings (SSSR count). The van der Waals surface area contributed by atoms with Gasteiger partial charge in [0.15, 0.2) is 35.0 Å². The molecule has 6 nitrogen and oxygen atoms in total. The molecule has 4 heterocycles. The quantitative estimate of drug-likeness (QED) is 0.121. The minimum absolute atomic E-state index is 0.00379. The van der Waals surface area contributed by atoms with Crippen LogP contribution in [0.1, 0.15) is 191 Å². The van der Waals surface area contributed by atoms with E-state index < -0.39 is 0 Å². The van der Waals surface area contributed by atoms with E-state index in [1.807, 2.05) is 0 Å². The highest BCUT2D eigenvalue weighted by Gasteiger charge is 2.38. The van der Waals surface area contributed by atoms with Gasteiger partial charge in [0.2, 0.25) is 0 Å². The maximum absolute atomic E-state index is 5.83. The third-order valence-corrected chi connectivity index (χ3v) is 24.1. The maximum Gasteiger partial charge on any atom is 0.166 e. The molecule has 0 spiro atoms. The van der Waals surface area contributed by atoms with E-state index in [4.69, 9.17) is 30.0 Å². The molecule has 0 saturated heterocycles. The van der Waals surface area contributed by atoms with Gasteiger partial charge < -0.3 is 0 Å². The Hall–Kier alpha value is -6.90. The molecule has 0 fully saturated rings. The smallest absolute Gasteiger partial charge is 0.166 e. The summed E-state index contributed by atoms with van der Waals surface area (Å²) < 4.78 is 0. The molecule has 0 aliphatic carbocycles. The Bertz CT molecular complexity index is 4230. The van der Waals surface area contributed by atoms with E-state index in [2.05, 4.69) is 307 Å². The fourth-order valence-electron chi connectivity index (χ4n) is 11.9. The summed E-state index contributed by atoms with van der Waals surface area (Å²) in [6, 6.07) is 67.6.